The van der Waals surface area contributed by atoms with Gasteiger partial charge in [0.1, 0.15) is 0 Å². The molecule has 1 N–H and O–H groups in total. The standard InChI is InChI=1S/C6H11NO/c1-5(7-8-2)6-3-4-6/h7H,3-4H2,1-2H3. The van der Waals surface area contributed by atoms with Gasteiger partial charge in [0.05, 0.1) is 7.11 Å². The van der Waals surface area contributed by atoms with Crippen LogP contribution < -0.4 is 5.48 Å². The zero-order valence-corrected chi connectivity index (χ0v) is 5.32. The smallest absolute Gasteiger partial charge is 0.0636 e. The molecule has 2 nitrogen and oxygen atoms in total. The SMILES string of the molecule is CONC(C)=C1CC1. The molecule has 0 saturated heterocycles. The zero-order valence-electron chi connectivity index (χ0n) is 5.32. The second kappa shape index (κ2) is 2.18. The van der Waals surface area contributed by atoms with Crippen molar-refractivity contribution >= 4 is 0 Å². The molecule has 0 spiro atoms. The van der Waals surface area contributed by atoms with Gasteiger partial charge in [0.15, 0.2) is 0 Å². The van der Waals surface area contributed by atoms with Crippen molar-refractivity contribution in [2.75, 3.05) is 7.11 Å². The summed E-state index contributed by atoms with van der Waals surface area (Å²) in [5, 5.41) is 0. The molecule has 46 valence electrons. The Morgan fingerprint density at radius 3 is 2.62 bits per heavy atom. The van der Waals surface area contributed by atoms with Gasteiger partial charge in [-0.2, -0.15) is 0 Å². The number of hydrogen-bond acceptors (Lipinski definition) is 2. The monoisotopic (exact) mass is 113 g/mol. The lowest BCUT2D eigenvalue weighted by Crippen LogP contribution is -2.07. The van der Waals surface area contributed by atoms with Crippen LogP contribution in [0.15, 0.2) is 11.3 Å². The van der Waals surface area contributed by atoms with E-state index >= 15 is 0 Å². The van der Waals surface area contributed by atoms with E-state index in [1.807, 2.05) is 6.92 Å². The number of allylic oxidation sites excluding steroid dienone is 2. The lowest BCUT2D eigenvalue weighted by Gasteiger charge is -1.99. The van der Waals surface area contributed by atoms with Crippen molar-refractivity contribution in [2.24, 2.45) is 0 Å². The van der Waals surface area contributed by atoms with Gasteiger partial charge in [0.25, 0.3) is 0 Å². The highest BCUT2D eigenvalue weighted by molar-refractivity contribution is 5.21. The maximum atomic E-state index is 4.70. The van der Waals surface area contributed by atoms with Gasteiger partial charge in [-0.1, -0.05) is 0 Å². The molecule has 1 aliphatic rings. The summed E-state index contributed by atoms with van der Waals surface area (Å²) in [6, 6.07) is 0. The van der Waals surface area contributed by atoms with Crippen LogP contribution in [-0.2, 0) is 4.84 Å². The van der Waals surface area contributed by atoms with Crippen molar-refractivity contribution in [1.82, 2.24) is 5.48 Å². The second-order valence-corrected chi connectivity index (χ2v) is 2.03. The number of rotatable bonds is 2. The van der Waals surface area contributed by atoms with Gasteiger partial charge >= 0.3 is 0 Å². The highest BCUT2D eigenvalue weighted by Gasteiger charge is 2.13. The van der Waals surface area contributed by atoms with Crippen LogP contribution in [0.25, 0.3) is 0 Å². The lowest BCUT2D eigenvalue weighted by atomic mass is 10.4. The third-order valence-corrected chi connectivity index (χ3v) is 1.29. The van der Waals surface area contributed by atoms with E-state index in [4.69, 9.17) is 4.84 Å². The van der Waals surface area contributed by atoms with Crippen LogP contribution in [0, 0.1) is 0 Å². The summed E-state index contributed by atoms with van der Waals surface area (Å²) in [5.74, 6) is 0. The van der Waals surface area contributed by atoms with E-state index in [9.17, 15) is 0 Å². The summed E-state index contributed by atoms with van der Waals surface area (Å²) in [4.78, 5) is 4.70. The molecule has 1 saturated carbocycles. The van der Waals surface area contributed by atoms with Crippen molar-refractivity contribution < 1.29 is 4.84 Å². The fourth-order valence-corrected chi connectivity index (χ4v) is 0.663. The Kier molecular flexibility index (Phi) is 1.53. The molecule has 0 amide bonds. The molecular weight excluding hydrogens is 102 g/mol. The van der Waals surface area contributed by atoms with Gasteiger partial charge in [-0.25, -0.2) is 0 Å². The summed E-state index contributed by atoms with van der Waals surface area (Å²) >= 11 is 0. The minimum Gasteiger partial charge on any atom is -0.280 e. The maximum absolute atomic E-state index is 4.70. The molecule has 1 rings (SSSR count). The van der Waals surface area contributed by atoms with Gasteiger partial charge in [-0.15, -0.1) is 0 Å². The molecule has 0 aromatic carbocycles. The summed E-state index contributed by atoms with van der Waals surface area (Å²) in [6.07, 6.45) is 2.50. The highest BCUT2D eigenvalue weighted by atomic mass is 16.6. The summed E-state index contributed by atoms with van der Waals surface area (Å²) in [5.41, 5.74) is 5.47. The van der Waals surface area contributed by atoms with Crippen LogP contribution in [0.3, 0.4) is 0 Å². The van der Waals surface area contributed by atoms with Crippen LogP contribution in [-0.4, -0.2) is 7.11 Å². The first-order valence-corrected chi connectivity index (χ1v) is 2.82. The number of hydroxylamine groups is 1. The molecular formula is C6H11NO. The van der Waals surface area contributed by atoms with E-state index in [2.05, 4.69) is 5.48 Å². The normalized spacial score (nSPS) is 16.0. The Hall–Kier alpha value is -0.500. The largest absolute Gasteiger partial charge is 0.280 e. The lowest BCUT2D eigenvalue weighted by molar-refractivity contribution is 0.117. The Balaban J connectivity index is 2.33. The van der Waals surface area contributed by atoms with Gasteiger partial charge in [-0.05, 0) is 25.3 Å². The van der Waals surface area contributed by atoms with Gasteiger partial charge in [0.2, 0.25) is 0 Å². The third kappa shape index (κ3) is 1.23. The molecule has 0 aromatic rings. The van der Waals surface area contributed by atoms with Crippen LogP contribution in [0.4, 0.5) is 0 Å². The average molecular weight is 113 g/mol. The quantitative estimate of drug-likeness (QED) is 0.543. The van der Waals surface area contributed by atoms with Crippen molar-refractivity contribution in [3.8, 4) is 0 Å². The van der Waals surface area contributed by atoms with Crippen molar-refractivity contribution in [2.45, 2.75) is 19.8 Å². The summed E-state index contributed by atoms with van der Waals surface area (Å²) in [7, 11) is 1.63. The predicted octanol–water partition coefficient (Wildman–Crippen LogP) is 1.21. The highest BCUT2D eigenvalue weighted by Crippen LogP contribution is 2.29. The first kappa shape index (κ1) is 5.63. The molecule has 8 heavy (non-hydrogen) atoms. The molecule has 1 aliphatic carbocycles. The zero-order chi connectivity index (χ0) is 5.98. The van der Waals surface area contributed by atoms with E-state index in [1.165, 1.54) is 24.1 Å². The predicted molar refractivity (Wildman–Crippen MR) is 32.1 cm³/mol. The van der Waals surface area contributed by atoms with Crippen molar-refractivity contribution in [3.05, 3.63) is 11.3 Å². The number of nitrogens with one attached hydrogen (secondary N) is 1. The average Bonchev–Trinajstić information content (AvgIpc) is 2.45. The van der Waals surface area contributed by atoms with Crippen LogP contribution >= 0.6 is 0 Å². The summed E-state index contributed by atoms with van der Waals surface area (Å²) < 4.78 is 0. The molecule has 0 heterocycles. The Morgan fingerprint density at radius 2 is 2.25 bits per heavy atom. The Bertz CT molecular complexity index is 112. The van der Waals surface area contributed by atoms with E-state index < -0.39 is 0 Å². The fraction of sp³-hybridized carbons (Fsp3) is 0.667. The molecule has 0 bridgehead atoms. The fourth-order valence-electron chi connectivity index (χ4n) is 0.663. The first-order valence-electron chi connectivity index (χ1n) is 2.82. The Labute approximate surface area is 49.5 Å². The molecule has 0 atom stereocenters. The molecule has 0 aromatic heterocycles. The third-order valence-electron chi connectivity index (χ3n) is 1.29. The maximum Gasteiger partial charge on any atom is 0.0636 e. The van der Waals surface area contributed by atoms with E-state index in [-0.39, 0.29) is 0 Å². The van der Waals surface area contributed by atoms with E-state index in [1.54, 1.807) is 7.11 Å². The second-order valence-electron chi connectivity index (χ2n) is 2.03. The minimum absolute atomic E-state index is 1.19. The Morgan fingerprint density at radius 1 is 1.62 bits per heavy atom. The molecule has 1 fully saturated rings. The van der Waals surface area contributed by atoms with Crippen LogP contribution in [0.1, 0.15) is 19.8 Å². The summed E-state index contributed by atoms with van der Waals surface area (Å²) in [6.45, 7) is 2.03. The topological polar surface area (TPSA) is 21.3 Å². The first-order chi connectivity index (χ1) is 3.84. The van der Waals surface area contributed by atoms with Gasteiger partial charge in [-0.3, -0.25) is 10.3 Å². The van der Waals surface area contributed by atoms with Crippen LogP contribution in [0.2, 0.25) is 0 Å². The molecule has 0 radical (unpaired) electrons. The number of hydrogen-bond donors (Lipinski definition) is 1. The van der Waals surface area contributed by atoms with Crippen molar-refractivity contribution in [1.29, 1.82) is 0 Å². The van der Waals surface area contributed by atoms with E-state index in [0.29, 0.717) is 0 Å². The molecule has 0 aliphatic heterocycles. The molecule has 2 heteroatoms. The van der Waals surface area contributed by atoms with Crippen LogP contribution in [0.5, 0.6) is 0 Å². The van der Waals surface area contributed by atoms with Gasteiger partial charge < -0.3 is 0 Å². The van der Waals surface area contributed by atoms with E-state index in [0.717, 1.165) is 0 Å². The molecule has 0 unspecified atom stereocenters. The van der Waals surface area contributed by atoms with Gasteiger partial charge in [0, 0.05) is 5.70 Å². The van der Waals surface area contributed by atoms with Crippen molar-refractivity contribution in [3.63, 3.8) is 0 Å². The minimum atomic E-state index is 1.19.